The number of hydrogen-bond acceptors (Lipinski definition) is 4. The lowest BCUT2D eigenvalue weighted by Gasteiger charge is -2.01. The van der Waals surface area contributed by atoms with Crippen LogP contribution in [0.3, 0.4) is 0 Å². The maximum Gasteiger partial charge on any atom is 0.238 e. The van der Waals surface area contributed by atoms with Crippen LogP contribution in [0.15, 0.2) is 12.1 Å². The summed E-state index contributed by atoms with van der Waals surface area (Å²) in [7, 11) is 1.47. The lowest BCUT2D eigenvalue weighted by molar-refractivity contribution is -0.117. The molecule has 1 aromatic rings. The maximum absolute atomic E-state index is 10.4. The van der Waals surface area contributed by atoms with Gasteiger partial charge in [0.05, 0.1) is 19.2 Å². The van der Waals surface area contributed by atoms with E-state index < -0.39 is 5.91 Å². The standard InChI is InChI=1S/C10H11N3O2/c1-15-10-8(11)6-5-7(13-10)3-2-4-9(12)14/h5-6H,4,11H2,1H3,(H2,12,14). The molecule has 0 fully saturated rings. The van der Waals surface area contributed by atoms with Gasteiger partial charge in [-0.3, -0.25) is 4.79 Å². The summed E-state index contributed by atoms with van der Waals surface area (Å²) in [6.45, 7) is 0. The van der Waals surface area contributed by atoms with Gasteiger partial charge in [-0.25, -0.2) is 4.98 Å². The SMILES string of the molecule is COc1nc(C#CCC(N)=O)ccc1N. The summed E-state index contributed by atoms with van der Waals surface area (Å²) in [5, 5.41) is 0. The van der Waals surface area contributed by atoms with Crippen LogP contribution in [0.25, 0.3) is 0 Å². The number of hydrogen-bond donors (Lipinski definition) is 2. The fourth-order valence-electron chi connectivity index (χ4n) is 0.906. The molecule has 1 heterocycles. The minimum absolute atomic E-state index is 0.00831. The van der Waals surface area contributed by atoms with Crippen LogP contribution in [0.2, 0.25) is 0 Å². The van der Waals surface area contributed by atoms with Crippen LogP contribution in [0.4, 0.5) is 5.69 Å². The second kappa shape index (κ2) is 4.86. The van der Waals surface area contributed by atoms with Crippen LogP contribution >= 0.6 is 0 Å². The van der Waals surface area contributed by atoms with Crippen LogP contribution in [0.5, 0.6) is 5.88 Å². The highest BCUT2D eigenvalue weighted by Crippen LogP contribution is 2.16. The first-order valence-electron chi connectivity index (χ1n) is 4.21. The van der Waals surface area contributed by atoms with Crippen LogP contribution in [-0.4, -0.2) is 18.0 Å². The average Bonchev–Trinajstić information content (AvgIpc) is 2.20. The van der Waals surface area contributed by atoms with E-state index in [1.165, 1.54) is 7.11 Å². The van der Waals surface area contributed by atoms with E-state index in [4.69, 9.17) is 16.2 Å². The van der Waals surface area contributed by atoms with Gasteiger partial charge in [-0.1, -0.05) is 5.92 Å². The van der Waals surface area contributed by atoms with Crippen molar-refractivity contribution < 1.29 is 9.53 Å². The molecule has 1 rings (SSSR count). The van der Waals surface area contributed by atoms with Gasteiger partial charge in [-0.2, -0.15) is 0 Å². The van der Waals surface area contributed by atoms with Gasteiger partial charge in [0.15, 0.2) is 0 Å². The van der Waals surface area contributed by atoms with Crippen molar-refractivity contribution in [1.82, 2.24) is 4.98 Å². The van der Waals surface area contributed by atoms with E-state index in [0.29, 0.717) is 17.3 Å². The Morgan fingerprint density at radius 2 is 2.33 bits per heavy atom. The van der Waals surface area contributed by atoms with E-state index in [0.717, 1.165) is 0 Å². The molecular weight excluding hydrogens is 194 g/mol. The number of pyridine rings is 1. The molecule has 0 aliphatic rings. The highest BCUT2D eigenvalue weighted by atomic mass is 16.5. The molecule has 0 bridgehead atoms. The van der Waals surface area contributed by atoms with Crippen molar-refractivity contribution in [3.05, 3.63) is 17.8 Å². The first-order valence-corrected chi connectivity index (χ1v) is 4.21. The van der Waals surface area contributed by atoms with Crippen molar-refractivity contribution in [3.8, 4) is 17.7 Å². The number of carbonyl (C=O) groups is 1. The zero-order valence-electron chi connectivity index (χ0n) is 8.28. The Kier molecular flexibility index (Phi) is 3.52. The van der Waals surface area contributed by atoms with E-state index >= 15 is 0 Å². The second-order valence-corrected chi connectivity index (χ2v) is 2.74. The lowest BCUT2D eigenvalue weighted by atomic mass is 10.3. The van der Waals surface area contributed by atoms with E-state index in [2.05, 4.69) is 16.8 Å². The number of nitrogen functional groups attached to an aromatic ring is 1. The minimum atomic E-state index is -0.468. The van der Waals surface area contributed by atoms with Crippen molar-refractivity contribution in [2.45, 2.75) is 6.42 Å². The molecule has 0 unspecified atom stereocenters. The van der Waals surface area contributed by atoms with Gasteiger partial charge in [0.1, 0.15) is 5.69 Å². The zero-order chi connectivity index (χ0) is 11.3. The number of nitrogens with two attached hydrogens (primary N) is 2. The van der Waals surface area contributed by atoms with Gasteiger partial charge in [0.2, 0.25) is 11.8 Å². The molecule has 5 heteroatoms. The molecule has 78 valence electrons. The predicted molar refractivity (Wildman–Crippen MR) is 55.9 cm³/mol. The quantitative estimate of drug-likeness (QED) is 0.659. The fraction of sp³-hybridized carbons (Fsp3) is 0.200. The number of carbonyl (C=O) groups excluding carboxylic acids is 1. The number of primary amides is 1. The molecule has 0 radical (unpaired) electrons. The molecule has 0 aliphatic carbocycles. The molecule has 1 amide bonds. The number of rotatable bonds is 2. The Bertz CT molecular complexity index is 432. The van der Waals surface area contributed by atoms with Gasteiger partial charge in [-0.05, 0) is 18.1 Å². The summed E-state index contributed by atoms with van der Waals surface area (Å²) < 4.78 is 4.92. The van der Waals surface area contributed by atoms with Crippen LogP contribution in [0, 0.1) is 11.8 Å². The van der Waals surface area contributed by atoms with Gasteiger partial charge < -0.3 is 16.2 Å². The summed E-state index contributed by atoms with van der Waals surface area (Å²) >= 11 is 0. The first-order chi connectivity index (χ1) is 7.13. The van der Waals surface area contributed by atoms with Crippen molar-refractivity contribution in [1.29, 1.82) is 0 Å². The highest BCUT2D eigenvalue weighted by molar-refractivity contribution is 5.76. The molecule has 0 atom stereocenters. The Balaban J connectivity index is 2.85. The molecule has 0 aliphatic heterocycles. The number of anilines is 1. The number of methoxy groups -OCH3 is 1. The molecular formula is C10H11N3O2. The summed E-state index contributed by atoms with van der Waals surface area (Å²) in [6.07, 6.45) is 0.00831. The maximum atomic E-state index is 10.4. The van der Waals surface area contributed by atoms with E-state index in [-0.39, 0.29) is 6.42 Å². The summed E-state index contributed by atoms with van der Waals surface area (Å²) in [5.74, 6) is 5.12. The number of nitrogens with zero attached hydrogens (tertiary/aromatic N) is 1. The van der Waals surface area contributed by atoms with Crippen LogP contribution in [-0.2, 0) is 4.79 Å². The highest BCUT2D eigenvalue weighted by Gasteiger charge is 2.00. The van der Waals surface area contributed by atoms with Crippen molar-refractivity contribution in [2.24, 2.45) is 5.73 Å². The number of ether oxygens (including phenoxy) is 1. The van der Waals surface area contributed by atoms with Crippen LogP contribution in [0.1, 0.15) is 12.1 Å². The summed E-state index contributed by atoms with van der Waals surface area (Å²) in [5.41, 5.74) is 11.4. The molecule has 15 heavy (non-hydrogen) atoms. The Hall–Kier alpha value is -2.22. The average molecular weight is 205 g/mol. The second-order valence-electron chi connectivity index (χ2n) is 2.74. The van der Waals surface area contributed by atoms with Gasteiger partial charge in [0.25, 0.3) is 0 Å². The molecule has 0 aromatic carbocycles. The van der Waals surface area contributed by atoms with Gasteiger partial charge >= 0.3 is 0 Å². The number of amides is 1. The Morgan fingerprint density at radius 3 is 2.93 bits per heavy atom. The van der Waals surface area contributed by atoms with Crippen molar-refractivity contribution in [3.63, 3.8) is 0 Å². The van der Waals surface area contributed by atoms with Gasteiger partial charge in [-0.15, -0.1) is 0 Å². The van der Waals surface area contributed by atoms with Crippen molar-refractivity contribution in [2.75, 3.05) is 12.8 Å². The normalized spacial score (nSPS) is 8.87. The fourth-order valence-corrected chi connectivity index (χ4v) is 0.906. The molecule has 1 aromatic heterocycles. The topological polar surface area (TPSA) is 91.2 Å². The molecule has 5 nitrogen and oxygen atoms in total. The Labute approximate surface area is 87.4 Å². The van der Waals surface area contributed by atoms with E-state index in [9.17, 15) is 4.79 Å². The molecule has 0 spiro atoms. The first kappa shape index (κ1) is 10.9. The third kappa shape index (κ3) is 3.19. The third-order valence-electron chi connectivity index (χ3n) is 1.56. The molecule has 0 saturated heterocycles. The minimum Gasteiger partial charge on any atom is -0.479 e. The zero-order valence-corrected chi connectivity index (χ0v) is 8.28. The van der Waals surface area contributed by atoms with E-state index in [1.54, 1.807) is 12.1 Å². The molecule has 0 saturated carbocycles. The molecule has 4 N–H and O–H groups in total. The van der Waals surface area contributed by atoms with Gasteiger partial charge in [0, 0.05) is 0 Å². The monoisotopic (exact) mass is 205 g/mol. The number of aromatic nitrogens is 1. The predicted octanol–water partition coefficient (Wildman–Crippen LogP) is -0.101. The smallest absolute Gasteiger partial charge is 0.238 e. The summed E-state index contributed by atoms with van der Waals surface area (Å²) in [6, 6.07) is 3.28. The Morgan fingerprint density at radius 1 is 1.60 bits per heavy atom. The van der Waals surface area contributed by atoms with Crippen LogP contribution < -0.4 is 16.2 Å². The third-order valence-corrected chi connectivity index (χ3v) is 1.56. The van der Waals surface area contributed by atoms with E-state index in [1.807, 2.05) is 0 Å². The lowest BCUT2D eigenvalue weighted by Crippen LogP contribution is -2.08. The largest absolute Gasteiger partial charge is 0.479 e. The summed E-state index contributed by atoms with van der Waals surface area (Å²) in [4.78, 5) is 14.4. The van der Waals surface area contributed by atoms with Crippen molar-refractivity contribution >= 4 is 11.6 Å².